The topological polar surface area (TPSA) is 82.2 Å². The van der Waals surface area contributed by atoms with Gasteiger partial charge in [-0.3, -0.25) is 9.69 Å². The molecule has 6 heteroatoms. The summed E-state index contributed by atoms with van der Waals surface area (Å²) in [6, 6.07) is 0.499. The van der Waals surface area contributed by atoms with Crippen molar-refractivity contribution in [2.75, 3.05) is 26.2 Å². The number of carbonyl (C=O) groups is 1. The summed E-state index contributed by atoms with van der Waals surface area (Å²) >= 11 is 0. The Morgan fingerprint density at radius 3 is 2.43 bits per heavy atom. The highest BCUT2D eigenvalue weighted by Crippen LogP contribution is 2.43. The van der Waals surface area contributed by atoms with E-state index in [1.807, 2.05) is 4.90 Å². The van der Waals surface area contributed by atoms with Crippen LogP contribution in [0.3, 0.4) is 0 Å². The van der Waals surface area contributed by atoms with Crippen molar-refractivity contribution >= 4 is 11.7 Å². The maximum atomic E-state index is 12.8. The number of carbonyl (C=O) groups excluding carboxylic acids is 1. The van der Waals surface area contributed by atoms with E-state index in [0.717, 1.165) is 39.0 Å². The van der Waals surface area contributed by atoms with Gasteiger partial charge >= 0.3 is 0 Å². The van der Waals surface area contributed by atoms with E-state index in [9.17, 15) is 4.79 Å². The summed E-state index contributed by atoms with van der Waals surface area (Å²) in [5.41, 5.74) is 5.08. The molecule has 1 saturated carbocycles. The molecule has 2 aliphatic heterocycles. The minimum absolute atomic E-state index is 0.0727. The van der Waals surface area contributed by atoms with Crippen molar-refractivity contribution in [2.24, 2.45) is 16.3 Å². The molecule has 21 heavy (non-hydrogen) atoms. The van der Waals surface area contributed by atoms with E-state index in [4.69, 9.17) is 10.9 Å². The Morgan fingerprint density at radius 2 is 1.86 bits per heavy atom. The number of nitrogens with zero attached hydrogens (tertiary/aromatic N) is 3. The highest BCUT2D eigenvalue weighted by Gasteiger charge is 2.51. The lowest BCUT2D eigenvalue weighted by Gasteiger charge is -2.41. The summed E-state index contributed by atoms with van der Waals surface area (Å²) in [4.78, 5) is 17.3. The molecule has 0 aromatic heterocycles. The number of oxime groups is 1. The third kappa shape index (κ3) is 2.50. The van der Waals surface area contributed by atoms with Crippen LogP contribution in [0.25, 0.3) is 0 Å². The van der Waals surface area contributed by atoms with E-state index >= 15 is 0 Å². The first-order chi connectivity index (χ1) is 10.2. The Morgan fingerprint density at radius 1 is 1.14 bits per heavy atom. The quantitative estimate of drug-likeness (QED) is 0.352. The fourth-order valence-corrected chi connectivity index (χ4v) is 4.02. The fraction of sp³-hybridized carbons (Fsp3) is 0.867. The van der Waals surface area contributed by atoms with Gasteiger partial charge in [-0.2, -0.15) is 0 Å². The van der Waals surface area contributed by atoms with E-state index in [1.165, 1.54) is 19.3 Å². The molecular weight excluding hydrogens is 268 g/mol. The number of hydrogen-bond donors (Lipinski definition) is 2. The van der Waals surface area contributed by atoms with E-state index in [2.05, 4.69) is 10.1 Å². The second-order valence-electron chi connectivity index (χ2n) is 6.71. The van der Waals surface area contributed by atoms with Crippen LogP contribution in [0.5, 0.6) is 0 Å². The number of likely N-dealkylation sites (tertiary alicyclic amines) is 2. The van der Waals surface area contributed by atoms with Gasteiger partial charge in [0.25, 0.3) is 0 Å². The molecule has 2 heterocycles. The lowest BCUT2D eigenvalue weighted by atomic mass is 9.67. The summed E-state index contributed by atoms with van der Waals surface area (Å²) in [5.74, 6) is 0.170. The van der Waals surface area contributed by atoms with Crippen LogP contribution in [0, 0.1) is 5.41 Å². The van der Waals surface area contributed by atoms with Gasteiger partial charge in [-0.1, -0.05) is 18.0 Å². The SMILES string of the molecule is NC(=NO)C1(C(=O)N2CCC(N3CCCCC3)C2)CCC1. The Kier molecular flexibility index (Phi) is 4.06. The fourth-order valence-electron chi connectivity index (χ4n) is 4.02. The van der Waals surface area contributed by atoms with Gasteiger partial charge in [0, 0.05) is 19.1 Å². The van der Waals surface area contributed by atoms with Crippen LogP contribution in [-0.4, -0.2) is 59.0 Å². The summed E-state index contributed by atoms with van der Waals surface area (Å²) < 4.78 is 0. The largest absolute Gasteiger partial charge is 0.409 e. The highest BCUT2D eigenvalue weighted by molar-refractivity contribution is 6.07. The Hall–Kier alpha value is -1.30. The standard InChI is InChI=1S/C15H26N4O2/c16-13(17-21)15(6-4-7-15)14(20)19-10-5-12(11-19)18-8-2-1-3-9-18/h12,21H,1-11H2,(H2,16,17). The van der Waals surface area contributed by atoms with Crippen LogP contribution in [0.15, 0.2) is 5.16 Å². The molecule has 0 spiro atoms. The third-order valence-corrected chi connectivity index (χ3v) is 5.57. The van der Waals surface area contributed by atoms with Crippen LogP contribution in [0.2, 0.25) is 0 Å². The first-order valence-corrected chi connectivity index (χ1v) is 8.19. The van der Waals surface area contributed by atoms with E-state index in [0.29, 0.717) is 18.9 Å². The number of amidine groups is 1. The minimum Gasteiger partial charge on any atom is -0.409 e. The molecule has 1 aliphatic carbocycles. The molecule has 3 N–H and O–H groups in total. The summed E-state index contributed by atoms with van der Waals surface area (Å²) in [6.07, 6.45) is 7.35. The first-order valence-electron chi connectivity index (χ1n) is 8.19. The zero-order valence-corrected chi connectivity index (χ0v) is 12.6. The molecule has 1 unspecified atom stereocenters. The van der Waals surface area contributed by atoms with E-state index in [-0.39, 0.29) is 11.7 Å². The lowest BCUT2D eigenvalue weighted by molar-refractivity contribution is -0.141. The van der Waals surface area contributed by atoms with Crippen molar-refractivity contribution in [3.63, 3.8) is 0 Å². The molecule has 0 bridgehead atoms. The number of rotatable bonds is 3. The second-order valence-corrected chi connectivity index (χ2v) is 6.71. The Balaban J connectivity index is 1.64. The second kappa shape index (κ2) is 5.83. The summed E-state index contributed by atoms with van der Waals surface area (Å²) in [6.45, 7) is 3.94. The van der Waals surface area contributed by atoms with Gasteiger partial charge in [0.1, 0.15) is 5.41 Å². The van der Waals surface area contributed by atoms with Gasteiger partial charge in [0.15, 0.2) is 5.84 Å². The molecule has 3 aliphatic rings. The van der Waals surface area contributed by atoms with Gasteiger partial charge < -0.3 is 15.8 Å². The van der Waals surface area contributed by atoms with E-state index < -0.39 is 5.41 Å². The zero-order chi connectivity index (χ0) is 14.9. The molecule has 2 saturated heterocycles. The highest BCUT2D eigenvalue weighted by atomic mass is 16.4. The van der Waals surface area contributed by atoms with Crippen molar-refractivity contribution < 1.29 is 10.0 Å². The van der Waals surface area contributed by atoms with Crippen molar-refractivity contribution in [3.05, 3.63) is 0 Å². The van der Waals surface area contributed by atoms with Crippen LogP contribution in [0.1, 0.15) is 44.9 Å². The lowest BCUT2D eigenvalue weighted by Crippen LogP contribution is -2.55. The summed E-state index contributed by atoms with van der Waals surface area (Å²) in [7, 11) is 0. The predicted octanol–water partition coefficient (Wildman–Crippen LogP) is 0.990. The molecule has 6 nitrogen and oxygen atoms in total. The van der Waals surface area contributed by atoms with Crippen molar-refractivity contribution in [2.45, 2.75) is 51.0 Å². The van der Waals surface area contributed by atoms with Gasteiger partial charge in [-0.05, 0) is 45.2 Å². The number of hydrogen-bond acceptors (Lipinski definition) is 4. The zero-order valence-electron chi connectivity index (χ0n) is 12.6. The maximum Gasteiger partial charge on any atom is 0.236 e. The normalized spacial score (nSPS) is 30.2. The Bertz CT molecular complexity index is 427. The molecule has 3 fully saturated rings. The first kappa shape index (κ1) is 14.6. The molecule has 1 amide bonds. The smallest absolute Gasteiger partial charge is 0.236 e. The van der Waals surface area contributed by atoms with Crippen molar-refractivity contribution in [1.29, 1.82) is 0 Å². The van der Waals surface area contributed by atoms with Gasteiger partial charge in [-0.25, -0.2) is 0 Å². The van der Waals surface area contributed by atoms with Crippen molar-refractivity contribution in [1.82, 2.24) is 9.80 Å². The molecule has 118 valence electrons. The Labute approximate surface area is 125 Å². The number of amides is 1. The summed E-state index contributed by atoms with van der Waals surface area (Å²) in [5, 5.41) is 12.1. The molecule has 1 atom stereocenters. The average Bonchev–Trinajstić information content (AvgIpc) is 2.96. The van der Waals surface area contributed by atoms with Crippen LogP contribution >= 0.6 is 0 Å². The monoisotopic (exact) mass is 294 g/mol. The average molecular weight is 294 g/mol. The van der Waals surface area contributed by atoms with Crippen molar-refractivity contribution in [3.8, 4) is 0 Å². The van der Waals surface area contributed by atoms with Gasteiger partial charge in [0.2, 0.25) is 5.91 Å². The third-order valence-electron chi connectivity index (χ3n) is 5.57. The number of piperidine rings is 1. The van der Waals surface area contributed by atoms with Crippen LogP contribution in [0.4, 0.5) is 0 Å². The van der Waals surface area contributed by atoms with Crippen LogP contribution < -0.4 is 5.73 Å². The van der Waals surface area contributed by atoms with Crippen LogP contribution in [-0.2, 0) is 4.79 Å². The maximum absolute atomic E-state index is 12.8. The van der Waals surface area contributed by atoms with Gasteiger partial charge in [0.05, 0.1) is 0 Å². The minimum atomic E-state index is -0.717. The van der Waals surface area contributed by atoms with Gasteiger partial charge in [-0.15, -0.1) is 0 Å². The predicted molar refractivity (Wildman–Crippen MR) is 80.1 cm³/mol. The molecule has 0 radical (unpaired) electrons. The number of nitrogens with two attached hydrogens (primary N) is 1. The molecule has 0 aromatic rings. The molecule has 3 rings (SSSR count). The molecular formula is C15H26N4O2. The van der Waals surface area contributed by atoms with E-state index in [1.54, 1.807) is 0 Å². The molecule has 0 aromatic carbocycles.